The molecule has 2 nitrogen and oxygen atoms in total. The average molecular weight is 638 g/mol. The molecule has 0 fully saturated rings. The van der Waals surface area contributed by atoms with Crippen LogP contribution in [0.1, 0.15) is 0 Å². The van der Waals surface area contributed by atoms with Gasteiger partial charge in [0, 0.05) is 0 Å². The van der Waals surface area contributed by atoms with Crippen molar-refractivity contribution in [1.82, 2.24) is 0 Å². The van der Waals surface area contributed by atoms with E-state index in [4.69, 9.17) is 4.65 Å². The van der Waals surface area contributed by atoms with Crippen molar-refractivity contribution in [3.63, 3.8) is 0 Å². The molecule has 1 radical (unpaired) electrons. The van der Waals surface area contributed by atoms with Gasteiger partial charge in [0.15, 0.2) is 16.1 Å². The molecule has 7 rings (SSSR count). The maximum absolute atomic E-state index is 10.1. The van der Waals surface area contributed by atoms with Crippen molar-refractivity contribution in [3.05, 3.63) is 200 Å². The molecule has 0 heterocycles. The zero-order valence-corrected chi connectivity index (χ0v) is 28.0. The Kier molecular flexibility index (Phi) is 8.85. The molecule has 0 atom stereocenters. The van der Waals surface area contributed by atoms with Crippen LogP contribution in [-0.4, -0.2) is 28.9 Å². The van der Waals surface area contributed by atoms with Gasteiger partial charge in [-0.05, 0) is 53.6 Å². The van der Waals surface area contributed by atoms with E-state index in [2.05, 4.69) is 200 Å². The molecule has 1 N–H and O–H groups in total. The van der Waals surface area contributed by atoms with E-state index in [0.717, 1.165) is 7.69 Å². The summed E-state index contributed by atoms with van der Waals surface area (Å²) >= 11 is 0. The van der Waals surface area contributed by atoms with E-state index >= 15 is 0 Å². The first-order chi connectivity index (χ1) is 23.3. The third kappa shape index (κ3) is 5.49. The molecule has 0 aliphatic carbocycles. The monoisotopic (exact) mass is 637 g/mol. The fraction of sp³-hybridized carbons (Fsp3) is 0. The van der Waals surface area contributed by atoms with Crippen molar-refractivity contribution >= 4 is 65.3 Å². The van der Waals surface area contributed by atoms with Gasteiger partial charge in [-0.25, -0.2) is 0 Å². The fourth-order valence-electron chi connectivity index (χ4n) is 7.29. The summed E-state index contributed by atoms with van der Waals surface area (Å²) in [5, 5.41) is 20.1. The molecule has 0 bridgehead atoms. The highest BCUT2D eigenvalue weighted by Gasteiger charge is 2.46. The van der Waals surface area contributed by atoms with Gasteiger partial charge >= 0.3 is 7.69 Å². The van der Waals surface area contributed by atoms with Crippen molar-refractivity contribution < 1.29 is 9.68 Å². The van der Waals surface area contributed by atoms with Crippen LogP contribution in [0.15, 0.2) is 200 Å². The minimum atomic E-state index is -2.93. The van der Waals surface area contributed by atoms with Crippen LogP contribution < -0.4 is 46.1 Å². The number of rotatable bonds is 10. The highest BCUT2D eigenvalue weighted by Crippen LogP contribution is 2.17. The third-order valence-corrected chi connectivity index (χ3v) is 18.7. The van der Waals surface area contributed by atoms with Crippen molar-refractivity contribution in [2.45, 2.75) is 0 Å². The summed E-state index contributed by atoms with van der Waals surface area (Å²) in [5.74, 6) is 0.610. The van der Waals surface area contributed by atoms with Crippen LogP contribution in [0.4, 0.5) is 0 Å². The van der Waals surface area contributed by atoms with Crippen molar-refractivity contribution in [2.24, 2.45) is 0 Å². The standard InChI is InChI=1S/C42H34BO2Si2/c44-43-45-34-31-41(46(35-19-7-1-8-20-35,36-21-9-2-10-22-36)37-23-11-3-12-24-37)33-42(32-34)47(38-25-13-4-14-26-38,39-27-15-5-16-28-39)40-29-17-6-18-30-40/h1-33,44H. The largest absolute Gasteiger partial charge is 0.569 e. The van der Waals surface area contributed by atoms with Gasteiger partial charge in [-0.1, -0.05) is 188 Å². The van der Waals surface area contributed by atoms with Crippen LogP contribution in [0.3, 0.4) is 0 Å². The lowest BCUT2D eigenvalue weighted by molar-refractivity contribution is 0.454. The Hall–Kier alpha value is -5.20. The van der Waals surface area contributed by atoms with Gasteiger partial charge in [0.25, 0.3) is 0 Å². The molecular weight excluding hydrogens is 603 g/mol. The van der Waals surface area contributed by atoms with Gasteiger partial charge in [-0.15, -0.1) is 0 Å². The lowest BCUT2D eigenvalue weighted by Crippen LogP contribution is -2.78. The summed E-state index contributed by atoms with van der Waals surface area (Å²) < 4.78 is 5.97. The van der Waals surface area contributed by atoms with Crippen LogP contribution in [0.5, 0.6) is 5.75 Å². The summed E-state index contributed by atoms with van der Waals surface area (Å²) in [6.07, 6.45) is 0. The molecule has 47 heavy (non-hydrogen) atoms. The Bertz CT molecular complexity index is 1690. The normalized spacial score (nSPS) is 11.5. The van der Waals surface area contributed by atoms with E-state index in [0.29, 0.717) is 5.75 Å². The number of hydrogen-bond acceptors (Lipinski definition) is 2. The molecule has 7 aromatic carbocycles. The highest BCUT2D eigenvalue weighted by atomic mass is 28.3. The molecule has 0 aliphatic rings. The molecule has 0 amide bonds. The summed E-state index contributed by atoms with van der Waals surface area (Å²) in [6.45, 7) is 0. The van der Waals surface area contributed by atoms with E-state index in [1.165, 1.54) is 41.5 Å². The first-order valence-electron chi connectivity index (χ1n) is 15.9. The fourth-order valence-corrected chi connectivity index (χ4v) is 17.1. The first kappa shape index (κ1) is 30.5. The van der Waals surface area contributed by atoms with Crippen LogP contribution in [0, 0.1) is 0 Å². The van der Waals surface area contributed by atoms with Gasteiger partial charge in [0.05, 0.1) is 5.75 Å². The minimum Gasteiger partial charge on any atom is -0.537 e. The predicted octanol–water partition coefficient (Wildman–Crippen LogP) is 3.35. The second kappa shape index (κ2) is 13.7. The third-order valence-electron chi connectivity index (χ3n) is 9.20. The Morgan fingerprint density at radius 2 is 0.553 bits per heavy atom. The smallest absolute Gasteiger partial charge is 0.537 e. The van der Waals surface area contributed by atoms with E-state index < -0.39 is 16.1 Å². The minimum absolute atomic E-state index is 0.610. The van der Waals surface area contributed by atoms with Crippen LogP contribution in [0.25, 0.3) is 0 Å². The predicted molar refractivity (Wildman–Crippen MR) is 202 cm³/mol. The summed E-state index contributed by atoms with van der Waals surface area (Å²) in [5.41, 5.74) is 0. The van der Waals surface area contributed by atoms with Gasteiger partial charge in [-0.2, -0.15) is 0 Å². The van der Waals surface area contributed by atoms with E-state index in [1.807, 2.05) is 0 Å². The molecule has 0 aliphatic heterocycles. The first-order valence-corrected chi connectivity index (χ1v) is 19.9. The van der Waals surface area contributed by atoms with Crippen molar-refractivity contribution in [1.29, 1.82) is 0 Å². The second-order valence-electron chi connectivity index (χ2n) is 11.7. The molecule has 225 valence electrons. The highest BCUT2D eigenvalue weighted by molar-refractivity contribution is 7.22. The van der Waals surface area contributed by atoms with Gasteiger partial charge in [0.1, 0.15) is 0 Å². The lowest BCUT2D eigenvalue weighted by Gasteiger charge is -2.38. The van der Waals surface area contributed by atoms with Crippen molar-refractivity contribution in [2.75, 3.05) is 0 Å². The summed E-state index contributed by atoms with van der Waals surface area (Å²) in [4.78, 5) is 0. The molecule has 7 aromatic rings. The topological polar surface area (TPSA) is 29.5 Å². The van der Waals surface area contributed by atoms with Crippen molar-refractivity contribution in [3.8, 4) is 5.75 Å². The molecule has 0 saturated heterocycles. The summed E-state index contributed by atoms with van der Waals surface area (Å²) in [7, 11) is -5.05. The molecule has 5 heteroatoms. The van der Waals surface area contributed by atoms with Crippen LogP contribution in [0.2, 0.25) is 0 Å². The zero-order valence-electron chi connectivity index (χ0n) is 26.0. The van der Waals surface area contributed by atoms with E-state index in [-0.39, 0.29) is 0 Å². The Balaban J connectivity index is 1.66. The van der Waals surface area contributed by atoms with E-state index in [1.54, 1.807) is 0 Å². The molecule has 0 spiro atoms. The van der Waals surface area contributed by atoms with Gasteiger partial charge < -0.3 is 9.68 Å². The molecule has 0 saturated carbocycles. The lowest BCUT2D eigenvalue weighted by atomic mass is 10.3. The maximum atomic E-state index is 10.1. The van der Waals surface area contributed by atoms with E-state index in [9.17, 15) is 5.02 Å². The molecular formula is C42H34BO2Si2. The maximum Gasteiger partial charge on any atom is 0.569 e. The summed E-state index contributed by atoms with van der Waals surface area (Å²) in [6, 6.07) is 72.2. The van der Waals surface area contributed by atoms with Crippen LogP contribution >= 0.6 is 0 Å². The average Bonchev–Trinajstić information content (AvgIpc) is 3.15. The SMILES string of the molecule is O[B]Oc1cc([Si](c2ccccc2)(c2ccccc2)c2ccccc2)cc([Si](c2ccccc2)(c2ccccc2)c2ccccc2)c1. The zero-order chi connectivity index (χ0) is 31.9. The molecule has 0 unspecified atom stereocenters. The number of hydrogen-bond donors (Lipinski definition) is 1. The van der Waals surface area contributed by atoms with Gasteiger partial charge in [0.2, 0.25) is 0 Å². The second-order valence-corrected chi connectivity index (χ2v) is 19.3. The Morgan fingerprint density at radius 3 is 0.766 bits per heavy atom. The Labute approximate surface area is 280 Å². The molecule has 0 aromatic heterocycles. The quantitative estimate of drug-likeness (QED) is 0.184. The number of benzene rings is 7. The Morgan fingerprint density at radius 1 is 0.319 bits per heavy atom. The van der Waals surface area contributed by atoms with Crippen LogP contribution in [-0.2, 0) is 0 Å². The van der Waals surface area contributed by atoms with Gasteiger partial charge in [-0.3, -0.25) is 0 Å².